The third-order valence-electron chi connectivity index (χ3n) is 8.85. The van der Waals surface area contributed by atoms with Crippen LogP contribution < -0.4 is 10.6 Å². The van der Waals surface area contributed by atoms with E-state index >= 15 is 0 Å². The van der Waals surface area contributed by atoms with Gasteiger partial charge in [-0.05, 0) is 106 Å². The lowest BCUT2D eigenvalue weighted by Crippen LogP contribution is -2.61. The zero-order chi connectivity index (χ0) is 24.6. The van der Waals surface area contributed by atoms with Gasteiger partial charge in [-0.3, -0.25) is 9.59 Å². The number of carboxylic acid groups (broad SMARTS) is 1. The number of carbonyl (C=O) groups is 2. The maximum absolute atomic E-state index is 13.4. The van der Waals surface area contributed by atoms with Crippen molar-refractivity contribution in [2.24, 2.45) is 29.6 Å². The van der Waals surface area contributed by atoms with Crippen molar-refractivity contribution >= 4 is 29.5 Å². The summed E-state index contributed by atoms with van der Waals surface area (Å²) in [4.78, 5) is 29.4. The van der Waals surface area contributed by atoms with E-state index in [2.05, 4.69) is 17.6 Å². The average molecular weight is 502 g/mol. The lowest BCUT2D eigenvalue weighted by atomic mass is 9.52. The highest BCUT2D eigenvalue weighted by molar-refractivity contribution is 7.99. The van der Waals surface area contributed by atoms with Crippen molar-refractivity contribution in [2.45, 2.75) is 87.8 Å². The number of thioether (sulfide) groups is 1. The maximum Gasteiger partial charge on any atom is 0.306 e. The molecule has 8 heteroatoms. The van der Waals surface area contributed by atoms with Crippen molar-refractivity contribution < 1.29 is 19.8 Å². The number of aliphatic carboxylic acids is 1. The molecule has 2 unspecified atom stereocenters. The Morgan fingerprint density at radius 1 is 1.11 bits per heavy atom. The predicted octanol–water partition coefficient (Wildman–Crippen LogP) is 4.56. The molecule has 1 amide bonds. The minimum atomic E-state index is -0.672. The zero-order valence-corrected chi connectivity index (χ0v) is 21.5. The van der Waals surface area contributed by atoms with Gasteiger partial charge in [0, 0.05) is 12.6 Å². The Bertz CT molecular complexity index is 932. The Hall–Kier alpha value is -1.80. The fraction of sp³-hybridized carbons (Fsp3) is 0.741. The molecule has 5 saturated carbocycles. The highest BCUT2D eigenvalue weighted by atomic mass is 32.2. The van der Waals surface area contributed by atoms with E-state index in [0.29, 0.717) is 29.2 Å². The minimum Gasteiger partial charge on any atom is -0.481 e. The largest absolute Gasteiger partial charge is 0.481 e. The highest BCUT2D eigenvalue weighted by Gasteiger charge is 2.55. The quantitative estimate of drug-likeness (QED) is 0.367. The zero-order valence-electron chi connectivity index (χ0n) is 20.7. The number of carboxylic acids is 1. The molecule has 7 nitrogen and oxygen atoms in total. The standard InChI is InChI=1S/C27H39N3O4S/c1-2-9-35-25-21(7-8-22(29-25)28-15-16-3-5-18(6-4-16)26(32)33)24(31)30-23-19-10-17-11-20(23)14-27(34,12-17)13-19/h7-8,16-20,23,34H,2-6,9-15H2,1H3,(H,28,29)(H,30,31)(H,32,33)/t16?,17?,18?,19?,20?,23-,27-. The average Bonchev–Trinajstić information content (AvgIpc) is 2.82. The van der Waals surface area contributed by atoms with Crippen molar-refractivity contribution in [1.82, 2.24) is 10.3 Å². The molecule has 1 aromatic heterocycles. The van der Waals surface area contributed by atoms with Crippen molar-refractivity contribution in [3.63, 3.8) is 0 Å². The number of nitrogens with one attached hydrogen (secondary N) is 2. The van der Waals surface area contributed by atoms with Gasteiger partial charge in [0.2, 0.25) is 0 Å². The third kappa shape index (κ3) is 5.48. The third-order valence-corrected chi connectivity index (χ3v) is 10.1. The van der Waals surface area contributed by atoms with Crippen molar-refractivity contribution in [2.75, 3.05) is 17.6 Å². The van der Waals surface area contributed by atoms with Crippen LogP contribution in [0.3, 0.4) is 0 Å². The number of hydrogen-bond acceptors (Lipinski definition) is 6. The molecule has 4 N–H and O–H groups in total. The van der Waals surface area contributed by atoms with Crippen LogP contribution in [0.5, 0.6) is 0 Å². The summed E-state index contributed by atoms with van der Waals surface area (Å²) in [6.07, 6.45) is 9.15. The molecule has 192 valence electrons. The highest BCUT2D eigenvalue weighted by Crippen LogP contribution is 2.55. The topological polar surface area (TPSA) is 112 Å². The fourth-order valence-electron chi connectivity index (χ4n) is 7.33. The maximum atomic E-state index is 13.4. The van der Waals surface area contributed by atoms with E-state index in [1.54, 1.807) is 11.8 Å². The van der Waals surface area contributed by atoms with Crippen molar-refractivity contribution in [1.29, 1.82) is 0 Å². The van der Waals surface area contributed by atoms with Crippen LogP contribution in [0.15, 0.2) is 17.2 Å². The molecule has 5 fully saturated rings. The van der Waals surface area contributed by atoms with Gasteiger partial charge in [0.25, 0.3) is 5.91 Å². The molecular formula is C27H39N3O4S. The van der Waals surface area contributed by atoms with Crippen LogP contribution >= 0.6 is 11.8 Å². The summed E-state index contributed by atoms with van der Waals surface area (Å²) < 4.78 is 0. The number of hydrogen-bond donors (Lipinski definition) is 4. The second-order valence-electron chi connectivity index (χ2n) is 11.5. The second kappa shape index (κ2) is 10.3. The molecule has 0 saturated heterocycles. The van der Waals surface area contributed by atoms with Gasteiger partial charge in [-0.2, -0.15) is 0 Å². The summed E-state index contributed by atoms with van der Waals surface area (Å²) in [5.74, 6) is 2.60. The van der Waals surface area contributed by atoms with Crippen LogP contribution in [0.1, 0.15) is 81.5 Å². The molecule has 1 aromatic rings. The van der Waals surface area contributed by atoms with E-state index in [-0.39, 0.29) is 17.9 Å². The summed E-state index contributed by atoms with van der Waals surface area (Å²) in [5.41, 5.74) is 0.144. The molecule has 6 rings (SSSR count). The predicted molar refractivity (Wildman–Crippen MR) is 137 cm³/mol. The fourth-order valence-corrected chi connectivity index (χ4v) is 8.21. The van der Waals surface area contributed by atoms with E-state index in [1.807, 2.05) is 12.1 Å². The molecule has 1 heterocycles. The van der Waals surface area contributed by atoms with Gasteiger partial charge in [-0.25, -0.2) is 4.98 Å². The van der Waals surface area contributed by atoms with E-state index in [1.165, 1.54) is 0 Å². The molecule has 5 aliphatic rings. The molecule has 0 aliphatic heterocycles. The number of nitrogens with zero attached hydrogens (tertiary/aromatic N) is 1. The monoisotopic (exact) mass is 501 g/mol. The van der Waals surface area contributed by atoms with Gasteiger partial charge in [-0.15, -0.1) is 11.8 Å². The summed E-state index contributed by atoms with van der Waals surface area (Å²) in [5, 5.41) is 27.6. The van der Waals surface area contributed by atoms with Crippen LogP contribution in [0.2, 0.25) is 0 Å². The number of rotatable bonds is 9. The molecule has 0 aromatic carbocycles. The molecule has 35 heavy (non-hydrogen) atoms. The molecule has 2 atom stereocenters. The van der Waals surface area contributed by atoms with E-state index < -0.39 is 11.6 Å². The number of aromatic nitrogens is 1. The lowest BCUT2D eigenvalue weighted by molar-refractivity contribution is -0.143. The first kappa shape index (κ1) is 24.9. The number of amides is 1. The molecule has 0 spiro atoms. The van der Waals surface area contributed by atoms with Crippen LogP contribution in [0.4, 0.5) is 5.82 Å². The minimum absolute atomic E-state index is 0.0425. The van der Waals surface area contributed by atoms with Crippen molar-refractivity contribution in [3.05, 3.63) is 17.7 Å². The Balaban J connectivity index is 1.22. The van der Waals surface area contributed by atoms with Gasteiger partial charge in [0.1, 0.15) is 10.8 Å². The first-order chi connectivity index (χ1) is 16.8. The first-order valence-electron chi connectivity index (χ1n) is 13.5. The lowest BCUT2D eigenvalue weighted by Gasteiger charge is -2.58. The molecular weight excluding hydrogens is 462 g/mol. The van der Waals surface area contributed by atoms with Gasteiger partial charge in [-0.1, -0.05) is 6.92 Å². The van der Waals surface area contributed by atoms with Crippen LogP contribution in [0.25, 0.3) is 0 Å². The Labute approximate surface area is 212 Å². The van der Waals surface area contributed by atoms with E-state index in [0.717, 1.165) is 87.3 Å². The Kier molecular flexibility index (Phi) is 7.31. The Morgan fingerprint density at radius 2 is 1.83 bits per heavy atom. The SMILES string of the molecule is CCCSc1nc(NCC2CCC(C(=O)O)CC2)ccc1C(=O)N[C@H]1C2CC3CC1C[C@](O)(C3)C2. The summed E-state index contributed by atoms with van der Waals surface area (Å²) >= 11 is 1.63. The van der Waals surface area contributed by atoms with Crippen LogP contribution in [-0.4, -0.2) is 51.0 Å². The van der Waals surface area contributed by atoms with E-state index in [4.69, 9.17) is 4.98 Å². The van der Waals surface area contributed by atoms with Gasteiger partial charge in [0.05, 0.1) is 17.1 Å². The normalized spacial score (nSPS) is 35.6. The Morgan fingerprint density at radius 3 is 2.46 bits per heavy atom. The number of pyridine rings is 1. The number of carbonyl (C=O) groups excluding carboxylic acids is 1. The summed E-state index contributed by atoms with van der Waals surface area (Å²) in [7, 11) is 0. The molecule has 5 aliphatic carbocycles. The molecule has 4 bridgehead atoms. The smallest absolute Gasteiger partial charge is 0.306 e. The molecule has 0 radical (unpaired) electrons. The van der Waals surface area contributed by atoms with Gasteiger partial charge in [0.15, 0.2) is 0 Å². The van der Waals surface area contributed by atoms with Crippen molar-refractivity contribution in [3.8, 4) is 0 Å². The van der Waals surface area contributed by atoms with Gasteiger partial charge < -0.3 is 20.8 Å². The van der Waals surface area contributed by atoms with Crippen LogP contribution in [0, 0.1) is 29.6 Å². The summed E-state index contributed by atoms with van der Waals surface area (Å²) in [6, 6.07) is 3.95. The van der Waals surface area contributed by atoms with Gasteiger partial charge >= 0.3 is 5.97 Å². The number of anilines is 1. The second-order valence-corrected chi connectivity index (χ2v) is 12.6. The van der Waals surface area contributed by atoms with Crippen LogP contribution in [-0.2, 0) is 4.79 Å². The number of aliphatic hydroxyl groups is 1. The van der Waals surface area contributed by atoms with E-state index in [9.17, 15) is 19.8 Å². The summed E-state index contributed by atoms with van der Waals surface area (Å²) in [6.45, 7) is 2.90. The first-order valence-corrected chi connectivity index (χ1v) is 14.5.